The predicted octanol–water partition coefficient (Wildman–Crippen LogP) is 2.52. The van der Waals surface area contributed by atoms with Gasteiger partial charge in [-0.3, -0.25) is 0 Å². The lowest BCUT2D eigenvalue weighted by Gasteiger charge is -2.28. The summed E-state index contributed by atoms with van der Waals surface area (Å²) in [5.41, 5.74) is -0.546. The fourth-order valence-corrected chi connectivity index (χ4v) is 2.32. The maximum Gasteiger partial charge on any atom is 0.505 e. The Bertz CT molecular complexity index is 820. The first kappa shape index (κ1) is 20.8. The van der Waals surface area contributed by atoms with Gasteiger partial charge in [-0.25, -0.2) is 9.59 Å². The van der Waals surface area contributed by atoms with Gasteiger partial charge in [-0.15, -0.1) is 0 Å². The molecule has 2 aromatic rings. The Morgan fingerprint density at radius 2 is 1.48 bits per heavy atom. The van der Waals surface area contributed by atoms with Crippen LogP contribution in [-0.4, -0.2) is 45.5 Å². The Labute approximate surface area is 158 Å². The Kier molecular flexibility index (Phi) is 5.58. The van der Waals surface area contributed by atoms with E-state index in [1.54, 1.807) is 59.7 Å². The molecule has 8 nitrogen and oxygen atoms in total. The molecule has 1 heterocycles. The van der Waals surface area contributed by atoms with Crippen LogP contribution in [0.15, 0.2) is 24.3 Å². The molecule has 0 atom stereocenters. The highest BCUT2D eigenvalue weighted by atomic mass is 16.6. The van der Waals surface area contributed by atoms with Gasteiger partial charge in [0.15, 0.2) is 0 Å². The molecular formula is C18H25BN2O6. The fraction of sp³-hybridized carbons (Fsp3) is 0.444. The van der Waals surface area contributed by atoms with E-state index in [9.17, 15) is 19.6 Å². The second-order valence-corrected chi connectivity index (χ2v) is 8.17. The van der Waals surface area contributed by atoms with Crippen LogP contribution in [0.1, 0.15) is 41.5 Å². The molecule has 0 aliphatic heterocycles. The van der Waals surface area contributed by atoms with Crippen LogP contribution in [-0.2, 0) is 9.47 Å². The zero-order chi connectivity index (χ0) is 20.6. The van der Waals surface area contributed by atoms with E-state index < -0.39 is 30.5 Å². The maximum atomic E-state index is 12.7. The van der Waals surface area contributed by atoms with Crippen molar-refractivity contribution in [2.75, 3.05) is 4.90 Å². The lowest BCUT2D eigenvalue weighted by molar-refractivity contribution is 0.0431. The Morgan fingerprint density at radius 1 is 0.963 bits per heavy atom. The van der Waals surface area contributed by atoms with Crippen LogP contribution in [0.2, 0.25) is 0 Å². The van der Waals surface area contributed by atoms with Crippen molar-refractivity contribution >= 4 is 41.5 Å². The summed E-state index contributed by atoms with van der Waals surface area (Å²) in [5, 5.41) is 19.2. The van der Waals surface area contributed by atoms with Crippen molar-refractivity contribution in [1.82, 2.24) is 4.98 Å². The van der Waals surface area contributed by atoms with Gasteiger partial charge < -0.3 is 24.5 Å². The van der Waals surface area contributed by atoms with E-state index in [2.05, 4.69) is 4.98 Å². The number of fused-ring (bicyclic) bond motifs is 1. The summed E-state index contributed by atoms with van der Waals surface area (Å²) < 4.78 is 10.7. The summed E-state index contributed by atoms with van der Waals surface area (Å²) >= 11 is 0. The highest BCUT2D eigenvalue weighted by Crippen LogP contribution is 2.25. The van der Waals surface area contributed by atoms with Crippen LogP contribution < -0.4 is 10.5 Å². The number of benzene rings is 1. The van der Waals surface area contributed by atoms with Gasteiger partial charge in [0, 0.05) is 16.5 Å². The van der Waals surface area contributed by atoms with Gasteiger partial charge in [-0.2, -0.15) is 4.90 Å². The maximum absolute atomic E-state index is 12.7. The van der Waals surface area contributed by atoms with Crippen LogP contribution in [0.5, 0.6) is 0 Å². The van der Waals surface area contributed by atoms with Gasteiger partial charge >= 0.3 is 19.3 Å². The molecule has 0 unspecified atom stereocenters. The van der Waals surface area contributed by atoms with Crippen molar-refractivity contribution < 1.29 is 29.1 Å². The van der Waals surface area contributed by atoms with Gasteiger partial charge in [0.25, 0.3) is 0 Å². The molecule has 2 amide bonds. The summed E-state index contributed by atoms with van der Waals surface area (Å²) in [5.74, 6) is 0. The zero-order valence-corrected chi connectivity index (χ0v) is 16.4. The number of aromatic amines is 1. The fourth-order valence-electron chi connectivity index (χ4n) is 2.32. The van der Waals surface area contributed by atoms with Crippen molar-refractivity contribution in [3.63, 3.8) is 0 Å². The molecule has 3 N–H and O–H groups in total. The highest BCUT2D eigenvalue weighted by molar-refractivity contribution is 6.58. The number of carbonyl (C=O) groups is 2. The van der Waals surface area contributed by atoms with E-state index in [1.165, 1.54) is 6.07 Å². The van der Waals surface area contributed by atoms with E-state index in [1.807, 2.05) is 0 Å². The topological polar surface area (TPSA) is 112 Å². The van der Waals surface area contributed by atoms with Crippen molar-refractivity contribution in [2.45, 2.75) is 52.7 Å². The van der Waals surface area contributed by atoms with E-state index >= 15 is 0 Å². The number of anilines is 1. The second kappa shape index (κ2) is 7.24. The van der Waals surface area contributed by atoms with Crippen LogP contribution in [0.4, 0.5) is 15.3 Å². The average Bonchev–Trinajstić information content (AvgIpc) is 2.86. The Morgan fingerprint density at radius 3 is 1.93 bits per heavy atom. The number of aromatic nitrogens is 1. The van der Waals surface area contributed by atoms with E-state index in [0.29, 0.717) is 10.9 Å². The van der Waals surface area contributed by atoms with Crippen molar-refractivity contribution in [3.05, 3.63) is 24.3 Å². The molecule has 0 saturated carbocycles. The summed E-state index contributed by atoms with van der Waals surface area (Å²) in [6.07, 6.45) is -1.73. The zero-order valence-electron chi connectivity index (χ0n) is 16.4. The number of nitrogens with one attached hydrogen (secondary N) is 1. The predicted molar refractivity (Wildman–Crippen MR) is 103 cm³/mol. The average molecular weight is 376 g/mol. The number of nitrogens with zero attached hydrogens (tertiary/aromatic N) is 1. The molecule has 27 heavy (non-hydrogen) atoms. The first-order chi connectivity index (χ1) is 12.3. The minimum Gasteiger partial charge on any atom is -0.443 e. The number of carbonyl (C=O) groups excluding carboxylic acids is 2. The van der Waals surface area contributed by atoms with E-state index in [4.69, 9.17) is 9.47 Å². The molecule has 0 bridgehead atoms. The van der Waals surface area contributed by atoms with Crippen LogP contribution in [0.25, 0.3) is 10.9 Å². The van der Waals surface area contributed by atoms with Gasteiger partial charge in [0.2, 0.25) is 0 Å². The summed E-state index contributed by atoms with van der Waals surface area (Å²) in [7, 11) is -1.66. The SMILES string of the molecule is CC(C)(C)OC(=O)N(C(=O)OC(C)(C)C)c1ccc2[nH]c(B(O)O)cc2c1. The monoisotopic (exact) mass is 376 g/mol. The molecule has 0 saturated heterocycles. The third-order valence-electron chi connectivity index (χ3n) is 3.31. The Balaban J connectivity index is 2.46. The van der Waals surface area contributed by atoms with Gasteiger partial charge in [-0.1, -0.05) is 0 Å². The quantitative estimate of drug-likeness (QED) is 0.695. The molecule has 2 rings (SSSR count). The number of rotatable bonds is 2. The second-order valence-electron chi connectivity index (χ2n) is 8.17. The van der Waals surface area contributed by atoms with Crippen molar-refractivity contribution in [2.24, 2.45) is 0 Å². The lowest BCUT2D eigenvalue weighted by Crippen LogP contribution is -2.43. The molecule has 0 spiro atoms. The first-order valence-corrected chi connectivity index (χ1v) is 8.52. The molecule has 0 radical (unpaired) electrons. The summed E-state index contributed by atoms with van der Waals surface area (Å²) in [4.78, 5) is 29.0. The number of amides is 2. The number of hydrogen-bond donors (Lipinski definition) is 3. The summed E-state index contributed by atoms with van der Waals surface area (Å²) in [6, 6.07) is 6.25. The third-order valence-corrected chi connectivity index (χ3v) is 3.31. The largest absolute Gasteiger partial charge is 0.505 e. The Hall–Kier alpha value is -2.52. The number of imide groups is 1. The lowest BCUT2D eigenvalue weighted by atomic mass is 9.86. The first-order valence-electron chi connectivity index (χ1n) is 8.52. The van der Waals surface area contributed by atoms with Crippen molar-refractivity contribution in [3.8, 4) is 0 Å². The van der Waals surface area contributed by atoms with Gasteiger partial charge in [-0.05, 0) is 65.8 Å². The van der Waals surface area contributed by atoms with E-state index in [-0.39, 0.29) is 11.3 Å². The molecule has 1 aromatic heterocycles. The van der Waals surface area contributed by atoms with Crippen LogP contribution in [0, 0.1) is 0 Å². The molecule has 0 aliphatic carbocycles. The molecule has 1 aromatic carbocycles. The third kappa shape index (κ3) is 5.48. The minimum absolute atomic E-state index is 0.197. The van der Waals surface area contributed by atoms with Crippen LogP contribution >= 0.6 is 0 Å². The minimum atomic E-state index is -1.66. The standard InChI is InChI=1S/C18H25BN2O6/c1-17(2,3)26-15(22)21(16(23)27-18(4,5)6)12-7-8-13-11(9-12)10-14(20-13)19(24)25/h7-10,20,24-25H,1-6H3. The van der Waals surface area contributed by atoms with Crippen LogP contribution in [0.3, 0.4) is 0 Å². The van der Waals surface area contributed by atoms with Gasteiger partial charge in [0.05, 0.1) is 5.69 Å². The van der Waals surface area contributed by atoms with E-state index in [0.717, 1.165) is 4.90 Å². The molecular weight excluding hydrogens is 351 g/mol. The molecule has 9 heteroatoms. The number of H-pyrrole nitrogens is 1. The smallest absolute Gasteiger partial charge is 0.443 e. The molecule has 0 aliphatic rings. The molecule has 146 valence electrons. The van der Waals surface area contributed by atoms with Gasteiger partial charge in [0.1, 0.15) is 11.2 Å². The van der Waals surface area contributed by atoms with Crippen molar-refractivity contribution in [1.29, 1.82) is 0 Å². The summed E-state index contributed by atoms with van der Waals surface area (Å²) in [6.45, 7) is 10.2. The number of ether oxygens (including phenoxy) is 2. The highest BCUT2D eigenvalue weighted by Gasteiger charge is 2.32. The molecule has 0 fully saturated rings. The normalized spacial score (nSPS) is 12.0. The number of hydrogen-bond acceptors (Lipinski definition) is 6.